The Kier molecular flexibility index (Phi) is 3.39. The number of hydrogen-bond donors (Lipinski definition) is 1. The van der Waals surface area contributed by atoms with Crippen molar-refractivity contribution >= 4 is 22.8 Å². The number of para-hydroxylation sites is 1. The number of fused-ring (bicyclic) bond motifs is 2. The zero-order chi connectivity index (χ0) is 17.7. The van der Waals surface area contributed by atoms with E-state index in [1.54, 1.807) is 36.2 Å². The molecule has 0 unspecified atom stereocenters. The third kappa shape index (κ3) is 2.16. The number of benzene rings is 2. The second-order valence-electron chi connectivity index (χ2n) is 6.48. The average Bonchev–Trinajstić information content (AvgIpc) is 2.94. The smallest absolute Gasteiger partial charge is 0.313 e. The summed E-state index contributed by atoms with van der Waals surface area (Å²) in [7, 11) is 3.61. The summed E-state index contributed by atoms with van der Waals surface area (Å²) in [6.45, 7) is 0. The summed E-state index contributed by atoms with van der Waals surface area (Å²) >= 11 is 0. The van der Waals surface area contributed by atoms with E-state index in [1.165, 1.54) is 0 Å². The van der Waals surface area contributed by atoms with E-state index in [0.29, 0.717) is 11.1 Å². The van der Waals surface area contributed by atoms with Gasteiger partial charge in [0.15, 0.2) is 0 Å². The average molecular weight is 334 g/mol. The molecule has 1 aliphatic rings. The van der Waals surface area contributed by atoms with Crippen molar-refractivity contribution < 1.29 is 14.7 Å². The number of aromatic nitrogens is 1. The van der Waals surface area contributed by atoms with Gasteiger partial charge in [0, 0.05) is 42.3 Å². The van der Waals surface area contributed by atoms with E-state index >= 15 is 0 Å². The summed E-state index contributed by atoms with van der Waals surface area (Å²) in [5.41, 5.74) is 2.92. The fourth-order valence-electron chi connectivity index (χ4n) is 3.94. The van der Waals surface area contributed by atoms with Crippen LogP contribution in [0.5, 0.6) is 0 Å². The predicted octanol–water partition coefficient (Wildman–Crippen LogP) is 3.17. The van der Waals surface area contributed by atoms with Gasteiger partial charge in [0.25, 0.3) is 5.91 Å². The molecule has 2 aromatic carbocycles. The molecule has 3 aromatic rings. The first-order valence-electron chi connectivity index (χ1n) is 8.13. The number of rotatable bonds is 2. The Morgan fingerprint density at radius 3 is 2.44 bits per heavy atom. The first-order valence-corrected chi connectivity index (χ1v) is 8.13. The molecule has 5 heteroatoms. The lowest BCUT2D eigenvalue weighted by molar-refractivity contribution is -0.140. The van der Waals surface area contributed by atoms with Gasteiger partial charge in [0.2, 0.25) is 0 Å². The minimum atomic E-state index is -0.926. The number of carboxylic acids is 1. The number of nitrogens with zero attached hydrogens (tertiary/aromatic N) is 2. The Balaban J connectivity index is 1.99. The van der Waals surface area contributed by atoms with Gasteiger partial charge in [0.1, 0.15) is 5.92 Å². The summed E-state index contributed by atoms with van der Waals surface area (Å²) in [6.07, 6.45) is 1.93. The molecule has 0 saturated heterocycles. The van der Waals surface area contributed by atoms with Crippen LogP contribution in [0.2, 0.25) is 0 Å². The van der Waals surface area contributed by atoms with Crippen molar-refractivity contribution in [1.82, 2.24) is 9.47 Å². The van der Waals surface area contributed by atoms with E-state index < -0.39 is 17.9 Å². The van der Waals surface area contributed by atoms with Gasteiger partial charge in [-0.3, -0.25) is 9.59 Å². The number of carbonyl (C=O) groups is 2. The second-order valence-corrected chi connectivity index (χ2v) is 6.48. The first-order chi connectivity index (χ1) is 12.0. The standard InChI is InChI=1S/C20H18N2O3/c1-21-11-15(12-7-5-6-10-16(12)21)18-17(20(24)25)13-8-3-4-9-14(13)19(23)22(18)2/h3-11,17-18H,1-2H3,(H,24,25)/t17-,18+/m1/s1. The molecule has 2 atom stereocenters. The van der Waals surface area contributed by atoms with Gasteiger partial charge in [-0.25, -0.2) is 0 Å². The van der Waals surface area contributed by atoms with E-state index in [4.69, 9.17) is 0 Å². The third-order valence-corrected chi connectivity index (χ3v) is 5.09. The quantitative estimate of drug-likeness (QED) is 0.783. The molecule has 1 N–H and O–H groups in total. The maximum absolute atomic E-state index is 12.8. The van der Waals surface area contributed by atoms with Gasteiger partial charge in [-0.15, -0.1) is 0 Å². The van der Waals surface area contributed by atoms with Crippen LogP contribution in [-0.2, 0) is 11.8 Å². The van der Waals surface area contributed by atoms with Crippen LogP contribution in [0, 0.1) is 0 Å². The van der Waals surface area contributed by atoms with Crippen molar-refractivity contribution in [2.45, 2.75) is 12.0 Å². The molecule has 0 spiro atoms. The number of likely N-dealkylation sites (N-methyl/N-ethyl adjacent to an activating group) is 1. The monoisotopic (exact) mass is 334 g/mol. The highest BCUT2D eigenvalue weighted by atomic mass is 16.4. The molecule has 2 heterocycles. The van der Waals surface area contributed by atoms with Gasteiger partial charge in [-0.05, 0) is 17.7 Å². The number of amides is 1. The molecule has 1 aromatic heterocycles. The van der Waals surface area contributed by atoms with Gasteiger partial charge in [-0.1, -0.05) is 36.4 Å². The predicted molar refractivity (Wildman–Crippen MR) is 94.6 cm³/mol. The Morgan fingerprint density at radius 2 is 1.68 bits per heavy atom. The molecule has 5 nitrogen and oxygen atoms in total. The fraction of sp³-hybridized carbons (Fsp3) is 0.200. The molecule has 25 heavy (non-hydrogen) atoms. The normalized spacial score (nSPS) is 19.9. The maximum Gasteiger partial charge on any atom is 0.313 e. The highest BCUT2D eigenvalue weighted by Gasteiger charge is 2.43. The zero-order valence-corrected chi connectivity index (χ0v) is 14.0. The molecule has 0 radical (unpaired) electrons. The van der Waals surface area contributed by atoms with Crippen molar-refractivity contribution in [2.75, 3.05) is 7.05 Å². The molecule has 126 valence electrons. The second kappa shape index (κ2) is 5.48. The van der Waals surface area contributed by atoms with Crippen molar-refractivity contribution in [3.8, 4) is 0 Å². The molecule has 0 saturated carbocycles. The Hall–Kier alpha value is -3.08. The minimum absolute atomic E-state index is 0.147. The molecule has 1 aliphatic heterocycles. The van der Waals surface area contributed by atoms with Gasteiger partial charge in [0.05, 0.1) is 6.04 Å². The van der Waals surface area contributed by atoms with Crippen molar-refractivity contribution in [3.05, 3.63) is 71.4 Å². The van der Waals surface area contributed by atoms with E-state index in [9.17, 15) is 14.7 Å². The van der Waals surface area contributed by atoms with Crippen LogP contribution in [0.4, 0.5) is 0 Å². The largest absolute Gasteiger partial charge is 0.481 e. The lowest BCUT2D eigenvalue weighted by Gasteiger charge is -2.38. The summed E-state index contributed by atoms with van der Waals surface area (Å²) in [5, 5.41) is 10.9. The number of aryl methyl sites for hydroxylation is 1. The van der Waals surface area contributed by atoms with Crippen molar-refractivity contribution in [3.63, 3.8) is 0 Å². The number of carboxylic acid groups (broad SMARTS) is 1. The van der Waals surface area contributed by atoms with Crippen molar-refractivity contribution in [2.24, 2.45) is 7.05 Å². The highest BCUT2D eigenvalue weighted by molar-refractivity contribution is 6.01. The molecule has 0 fully saturated rings. The summed E-state index contributed by atoms with van der Waals surface area (Å²) in [4.78, 5) is 26.5. The topological polar surface area (TPSA) is 62.5 Å². The zero-order valence-electron chi connectivity index (χ0n) is 14.0. The van der Waals surface area contributed by atoms with Crippen molar-refractivity contribution in [1.29, 1.82) is 0 Å². The minimum Gasteiger partial charge on any atom is -0.481 e. The van der Waals surface area contributed by atoms with E-state index in [-0.39, 0.29) is 5.91 Å². The first kappa shape index (κ1) is 15.4. The van der Waals surface area contributed by atoms with Crippen LogP contribution in [-0.4, -0.2) is 33.5 Å². The Labute approximate surface area is 145 Å². The maximum atomic E-state index is 12.8. The number of aliphatic carboxylic acids is 1. The van der Waals surface area contributed by atoms with Gasteiger partial charge >= 0.3 is 5.97 Å². The summed E-state index contributed by atoms with van der Waals surface area (Å²) in [6, 6.07) is 14.3. The number of hydrogen-bond acceptors (Lipinski definition) is 2. The van der Waals surface area contributed by atoms with Crippen LogP contribution in [0.25, 0.3) is 10.9 Å². The molecule has 4 rings (SSSR count). The molecular weight excluding hydrogens is 316 g/mol. The lowest BCUT2D eigenvalue weighted by Crippen LogP contribution is -2.42. The van der Waals surface area contributed by atoms with Crippen LogP contribution in [0.1, 0.15) is 33.4 Å². The van der Waals surface area contributed by atoms with Crippen LogP contribution in [0.15, 0.2) is 54.7 Å². The third-order valence-electron chi connectivity index (χ3n) is 5.09. The van der Waals surface area contributed by atoms with Crippen LogP contribution < -0.4 is 0 Å². The van der Waals surface area contributed by atoms with E-state index in [1.807, 2.05) is 42.1 Å². The SMILES string of the molecule is CN1C(=O)c2ccccc2[C@@H](C(=O)O)[C@@H]1c1cn(C)c2ccccc12. The summed E-state index contributed by atoms with van der Waals surface area (Å²) < 4.78 is 1.97. The van der Waals surface area contributed by atoms with Gasteiger partial charge in [-0.2, -0.15) is 0 Å². The molecular formula is C20H18N2O3. The van der Waals surface area contributed by atoms with Crippen LogP contribution >= 0.6 is 0 Å². The van der Waals surface area contributed by atoms with Crippen LogP contribution in [0.3, 0.4) is 0 Å². The Bertz CT molecular complexity index is 1010. The highest BCUT2D eigenvalue weighted by Crippen LogP contribution is 2.44. The fourth-order valence-corrected chi connectivity index (χ4v) is 3.94. The molecule has 0 bridgehead atoms. The Morgan fingerprint density at radius 1 is 1.00 bits per heavy atom. The van der Waals surface area contributed by atoms with Gasteiger partial charge < -0.3 is 14.6 Å². The van der Waals surface area contributed by atoms with E-state index in [0.717, 1.165) is 16.5 Å². The summed E-state index contributed by atoms with van der Waals surface area (Å²) in [5.74, 6) is -1.87. The molecule has 1 amide bonds. The molecule has 0 aliphatic carbocycles. The number of carbonyl (C=O) groups excluding carboxylic acids is 1. The van der Waals surface area contributed by atoms with E-state index in [2.05, 4.69) is 0 Å². The lowest BCUT2D eigenvalue weighted by atomic mass is 9.80.